The number of aliphatic hydroxyl groups is 1. The van der Waals surface area contributed by atoms with Gasteiger partial charge in [0.05, 0.1) is 6.10 Å². The monoisotopic (exact) mass is 236 g/mol. The van der Waals surface area contributed by atoms with Crippen molar-refractivity contribution in [2.45, 2.75) is 26.0 Å². The third kappa shape index (κ3) is 5.82. The Morgan fingerprint density at radius 3 is 2.59 bits per heavy atom. The van der Waals surface area contributed by atoms with Gasteiger partial charge in [-0.2, -0.15) is 0 Å². The predicted octanol–water partition coefficient (Wildman–Crippen LogP) is 1.48. The van der Waals surface area contributed by atoms with Crippen LogP contribution in [-0.4, -0.2) is 42.8 Å². The highest BCUT2D eigenvalue weighted by atomic mass is 16.3. The highest BCUT2D eigenvalue weighted by molar-refractivity contribution is 5.14. The molecule has 0 radical (unpaired) electrons. The molecule has 0 spiro atoms. The summed E-state index contributed by atoms with van der Waals surface area (Å²) in [6, 6.07) is 10.4. The minimum absolute atomic E-state index is 0.296. The van der Waals surface area contributed by atoms with Crippen LogP contribution in [0.2, 0.25) is 0 Å². The molecule has 0 saturated heterocycles. The summed E-state index contributed by atoms with van der Waals surface area (Å²) in [6.07, 6.45) is 0.814. The lowest BCUT2D eigenvalue weighted by Gasteiger charge is -2.24. The van der Waals surface area contributed by atoms with Gasteiger partial charge in [-0.05, 0) is 25.6 Å². The third-order valence-electron chi connectivity index (χ3n) is 2.70. The average Bonchev–Trinajstić information content (AvgIpc) is 2.31. The van der Waals surface area contributed by atoms with Gasteiger partial charge < -0.3 is 10.4 Å². The smallest absolute Gasteiger partial charge is 0.0791 e. The van der Waals surface area contributed by atoms with E-state index in [9.17, 15) is 5.11 Å². The summed E-state index contributed by atoms with van der Waals surface area (Å²) in [5.41, 5.74) is 1.30. The molecule has 3 heteroatoms. The van der Waals surface area contributed by atoms with E-state index in [2.05, 4.69) is 41.4 Å². The standard InChI is InChI=1S/C14H24N2O/c1-3-9-16(12-14(17)10-15-2)11-13-7-5-4-6-8-13/h4-8,14-15,17H,3,9-12H2,1-2H3. The summed E-state index contributed by atoms with van der Waals surface area (Å²) in [7, 11) is 1.87. The second kappa shape index (κ2) is 8.23. The zero-order chi connectivity index (χ0) is 12.5. The molecule has 96 valence electrons. The van der Waals surface area contributed by atoms with Crippen LogP contribution in [0.15, 0.2) is 30.3 Å². The number of hydrogen-bond donors (Lipinski definition) is 2. The molecule has 0 fully saturated rings. The highest BCUT2D eigenvalue weighted by Gasteiger charge is 2.10. The number of rotatable bonds is 8. The molecule has 0 saturated carbocycles. The topological polar surface area (TPSA) is 35.5 Å². The number of hydrogen-bond acceptors (Lipinski definition) is 3. The first-order valence-corrected chi connectivity index (χ1v) is 6.35. The van der Waals surface area contributed by atoms with E-state index in [0.29, 0.717) is 6.54 Å². The molecule has 1 aromatic carbocycles. The molecule has 0 aliphatic carbocycles. The average molecular weight is 236 g/mol. The maximum Gasteiger partial charge on any atom is 0.0791 e. The molecule has 17 heavy (non-hydrogen) atoms. The van der Waals surface area contributed by atoms with Crippen molar-refractivity contribution in [2.75, 3.05) is 26.7 Å². The van der Waals surface area contributed by atoms with Crippen molar-refractivity contribution in [2.24, 2.45) is 0 Å². The Balaban J connectivity index is 2.48. The lowest BCUT2D eigenvalue weighted by Crippen LogP contribution is -2.37. The molecule has 0 amide bonds. The summed E-state index contributed by atoms with van der Waals surface area (Å²) in [6.45, 7) is 5.48. The summed E-state index contributed by atoms with van der Waals surface area (Å²) in [5, 5.41) is 12.8. The van der Waals surface area contributed by atoms with Gasteiger partial charge >= 0.3 is 0 Å². The van der Waals surface area contributed by atoms with E-state index in [4.69, 9.17) is 0 Å². The predicted molar refractivity (Wildman–Crippen MR) is 71.9 cm³/mol. The fraction of sp³-hybridized carbons (Fsp3) is 0.571. The lowest BCUT2D eigenvalue weighted by molar-refractivity contribution is 0.109. The first kappa shape index (κ1) is 14.2. The maximum absolute atomic E-state index is 9.82. The molecule has 3 nitrogen and oxygen atoms in total. The normalized spacial score (nSPS) is 12.9. The summed E-state index contributed by atoms with van der Waals surface area (Å²) in [4.78, 5) is 2.30. The first-order valence-electron chi connectivity index (χ1n) is 6.35. The van der Waals surface area contributed by atoms with E-state index in [1.165, 1.54) is 5.56 Å². The molecule has 1 atom stereocenters. The Bertz CT molecular complexity index is 290. The molecular weight excluding hydrogens is 212 g/mol. The van der Waals surface area contributed by atoms with Crippen molar-refractivity contribution in [1.82, 2.24) is 10.2 Å². The minimum atomic E-state index is -0.296. The lowest BCUT2D eigenvalue weighted by atomic mass is 10.2. The van der Waals surface area contributed by atoms with E-state index in [1.807, 2.05) is 13.1 Å². The molecule has 0 aromatic heterocycles. The first-order chi connectivity index (χ1) is 8.26. The Morgan fingerprint density at radius 1 is 1.29 bits per heavy atom. The van der Waals surface area contributed by atoms with Gasteiger partial charge in [0.1, 0.15) is 0 Å². The van der Waals surface area contributed by atoms with Crippen LogP contribution in [0.25, 0.3) is 0 Å². The highest BCUT2D eigenvalue weighted by Crippen LogP contribution is 2.05. The Morgan fingerprint density at radius 2 is 2.00 bits per heavy atom. The number of nitrogens with one attached hydrogen (secondary N) is 1. The van der Waals surface area contributed by atoms with Gasteiger partial charge in [-0.3, -0.25) is 4.90 Å². The van der Waals surface area contributed by atoms with Crippen molar-refractivity contribution < 1.29 is 5.11 Å². The SMILES string of the molecule is CCCN(Cc1ccccc1)CC(O)CNC. The molecule has 0 heterocycles. The molecule has 1 rings (SSSR count). The molecular formula is C14H24N2O. The van der Waals surface area contributed by atoms with Crippen molar-refractivity contribution in [3.05, 3.63) is 35.9 Å². The van der Waals surface area contributed by atoms with Crippen LogP contribution in [0.1, 0.15) is 18.9 Å². The van der Waals surface area contributed by atoms with Gasteiger partial charge in [-0.1, -0.05) is 37.3 Å². The van der Waals surface area contributed by atoms with E-state index < -0.39 is 0 Å². The van der Waals surface area contributed by atoms with Gasteiger partial charge in [0, 0.05) is 19.6 Å². The molecule has 0 bridgehead atoms. The van der Waals surface area contributed by atoms with Crippen LogP contribution in [0, 0.1) is 0 Å². The molecule has 0 aliphatic rings. The number of nitrogens with zero attached hydrogens (tertiary/aromatic N) is 1. The van der Waals surface area contributed by atoms with Crippen LogP contribution in [0.3, 0.4) is 0 Å². The molecule has 0 aliphatic heterocycles. The number of likely N-dealkylation sites (N-methyl/N-ethyl adjacent to an activating group) is 1. The third-order valence-corrected chi connectivity index (χ3v) is 2.70. The summed E-state index contributed by atoms with van der Waals surface area (Å²) in [5.74, 6) is 0. The second-order valence-electron chi connectivity index (χ2n) is 4.43. The van der Waals surface area contributed by atoms with E-state index in [-0.39, 0.29) is 6.10 Å². The quantitative estimate of drug-likeness (QED) is 0.717. The van der Waals surface area contributed by atoms with E-state index in [0.717, 1.165) is 26.1 Å². The Hall–Kier alpha value is -0.900. The van der Waals surface area contributed by atoms with Crippen molar-refractivity contribution in [3.63, 3.8) is 0 Å². The van der Waals surface area contributed by atoms with Gasteiger partial charge in [-0.25, -0.2) is 0 Å². The van der Waals surface area contributed by atoms with E-state index >= 15 is 0 Å². The maximum atomic E-state index is 9.82. The Labute approximate surface area is 104 Å². The summed E-state index contributed by atoms with van der Waals surface area (Å²) >= 11 is 0. The van der Waals surface area contributed by atoms with Crippen molar-refractivity contribution in [1.29, 1.82) is 0 Å². The van der Waals surface area contributed by atoms with Gasteiger partial charge in [0.25, 0.3) is 0 Å². The van der Waals surface area contributed by atoms with Crippen molar-refractivity contribution >= 4 is 0 Å². The van der Waals surface area contributed by atoms with E-state index in [1.54, 1.807) is 0 Å². The largest absolute Gasteiger partial charge is 0.390 e. The van der Waals surface area contributed by atoms with Gasteiger partial charge in [0.15, 0.2) is 0 Å². The fourth-order valence-electron chi connectivity index (χ4n) is 1.99. The van der Waals surface area contributed by atoms with Crippen LogP contribution in [0.5, 0.6) is 0 Å². The van der Waals surface area contributed by atoms with Crippen LogP contribution in [0.4, 0.5) is 0 Å². The van der Waals surface area contributed by atoms with Crippen molar-refractivity contribution in [3.8, 4) is 0 Å². The van der Waals surface area contributed by atoms with Crippen LogP contribution < -0.4 is 5.32 Å². The Kier molecular flexibility index (Phi) is 6.86. The number of benzene rings is 1. The molecule has 2 N–H and O–H groups in total. The zero-order valence-corrected chi connectivity index (χ0v) is 10.9. The van der Waals surface area contributed by atoms with Gasteiger partial charge in [0.2, 0.25) is 0 Å². The van der Waals surface area contributed by atoms with Crippen LogP contribution in [-0.2, 0) is 6.54 Å². The number of aliphatic hydroxyl groups excluding tert-OH is 1. The second-order valence-corrected chi connectivity index (χ2v) is 4.43. The minimum Gasteiger partial charge on any atom is -0.390 e. The van der Waals surface area contributed by atoms with Gasteiger partial charge in [-0.15, -0.1) is 0 Å². The summed E-state index contributed by atoms with van der Waals surface area (Å²) < 4.78 is 0. The fourth-order valence-corrected chi connectivity index (χ4v) is 1.99. The van der Waals surface area contributed by atoms with Crippen LogP contribution >= 0.6 is 0 Å². The zero-order valence-electron chi connectivity index (χ0n) is 10.9. The molecule has 1 aromatic rings. The molecule has 1 unspecified atom stereocenters.